The van der Waals surface area contributed by atoms with E-state index < -0.39 is 0 Å². The second kappa shape index (κ2) is 11.3. The zero-order valence-electron chi connectivity index (χ0n) is 17.7. The molecule has 0 unspecified atom stereocenters. The predicted molar refractivity (Wildman–Crippen MR) is 130 cm³/mol. The molecule has 32 heavy (non-hydrogen) atoms. The molecule has 4 aromatic carbocycles. The summed E-state index contributed by atoms with van der Waals surface area (Å²) in [4.78, 5) is 0. The molecule has 0 atom stereocenters. The molecule has 0 heterocycles. The number of benzene rings is 4. The van der Waals surface area contributed by atoms with E-state index in [9.17, 15) is 0 Å². The maximum Gasteiger partial charge on any atom is 0.120 e. The Bertz CT molecular complexity index is 1080. The molecular formula is C28H24N2O2. The Hall–Kier alpha value is -4.18. The molecule has 4 aromatic rings. The van der Waals surface area contributed by atoms with Crippen molar-refractivity contribution in [3.63, 3.8) is 0 Å². The van der Waals surface area contributed by atoms with E-state index in [4.69, 9.17) is 9.47 Å². The fourth-order valence-electron chi connectivity index (χ4n) is 3.05. The van der Waals surface area contributed by atoms with Crippen LogP contribution in [0.4, 0.5) is 0 Å². The van der Waals surface area contributed by atoms with Gasteiger partial charge in [0.15, 0.2) is 0 Å². The summed E-state index contributed by atoms with van der Waals surface area (Å²) in [6.45, 7) is 1.06. The summed E-state index contributed by atoms with van der Waals surface area (Å²) < 4.78 is 11.7. The van der Waals surface area contributed by atoms with Gasteiger partial charge in [0.1, 0.15) is 24.7 Å². The highest BCUT2D eigenvalue weighted by atomic mass is 16.5. The van der Waals surface area contributed by atoms with Crippen molar-refractivity contribution in [3.8, 4) is 11.5 Å². The highest BCUT2D eigenvalue weighted by molar-refractivity contribution is 5.83. The topological polar surface area (TPSA) is 43.2 Å². The average molecular weight is 421 g/mol. The van der Waals surface area contributed by atoms with Crippen molar-refractivity contribution in [1.82, 2.24) is 0 Å². The molecule has 0 aliphatic carbocycles. The third kappa shape index (κ3) is 6.67. The summed E-state index contributed by atoms with van der Waals surface area (Å²) in [6.07, 6.45) is 3.42. The average Bonchev–Trinajstić information content (AvgIpc) is 2.86. The lowest BCUT2D eigenvalue weighted by atomic mass is 10.2. The van der Waals surface area contributed by atoms with Gasteiger partial charge in [-0.25, -0.2) is 0 Å². The van der Waals surface area contributed by atoms with Crippen molar-refractivity contribution < 1.29 is 9.47 Å². The summed E-state index contributed by atoms with van der Waals surface area (Å²) in [5.41, 5.74) is 4.11. The third-order valence-electron chi connectivity index (χ3n) is 4.69. The maximum atomic E-state index is 5.86. The fourth-order valence-corrected chi connectivity index (χ4v) is 3.05. The SMILES string of the molecule is C(=N/N=C\c1cccc(OCc2ccccc2)c1)/c1cccc(OCc2ccccc2)c1. The Morgan fingerprint density at radius 1 is 0.500 bits per heavy atom. The van der Waals surface area contributed by atoms with Gasteiger partial charge in [-0.1, -0.05) is 84.9 Å². The van der Waals surface area contributed by atoms with Crippen molar-refractivity contribution in [2.45, 2.75) is 13.2 Å². The van der Waals surface area contributed by atoms with Crippen molar-refractivity contribution >= 4 is 12.4 Å². The first-order valence-corrected chi connectivity index (χ1v) is 10.5. The number of rotatable bonds is 9. The van der Waals surface area contributed by atoms with Crippen LogP contribution in [-0.2, 0) is 13.2 Å². The molecule has 0 spiro atoms. The van der Waals surface area contributed by atoms with Gasteiger partial charge in [-0.2, -0.15) is 10.2 Å². The minimum atomic E-state index is 0.530. The molecule has 0 saturated carbocycles. The molecule has 0 aromatic heterocycles. The Kier molecular flexibility index (Phi) is 7.42. The summed E-state index contributed by atoms with van der Waals surface area (Å²) in [6, 6.07) is 35.8. The van der Waals surface area contributed by atoms with E-state index in [1.165, 1.54) is 0 Å². The normalized spacial score (nSPS) is 11.1. The van der Waals surface area contributed by atoms with E-state index in [1.807, 2.05) is 109 Å². The molecule has 0 saturated heterocycles. The highest BCUT2D eigenvalue weighted by Gasteiger charge is 1.98. The van der Waals surface area contributed by atoms with Gasteiger partial charge in [0, 0.05) is 0 Å². The van der Waals surface area contributed by atoms with Gasteiger partial charge >= 0.3 is 0 Å². The molecule has 0 aliphatic rings. The Labute approximate surface area is 188 Å². The monoisotopic (exact) mass is 420 g/mol. The standard InChI is InChI=1S/C28H24N2O2/c1-3-9-23(10-4-1)21-31-27-15-7-13-25(17-27)19-29-30-20-26-14-8-16-28(18-26)32-22-24-11-5-2-6-12-24/h1-20H,21-22H2/b29-19-,30-20-. The minimum absolute atomic E-state index is 0.530. The second-order valence-electron chi connectivity index (χ2n) is 7.18. The molecular weight excluding hydrogens is 396 g/mol. The van der Waals surface area contributed by atoms with Crippen LogP contribution in [-0.4, -0.2) is 12.4 Å². The van der Waals surface area contributed by atoms with Crippen LogP contribution in [0.25, 0.3) is 0 Å². The van der Waals surface area contributed by atoms with Crippen LogP contribution in [0, 0.1) is 0 Å². The van der Waals surface area contributed by atoms with Crippen LogP contribution in [0.3, 0.4) is 0 Å². The maximum absolute atomic E-state index is 5.86. The number of hydrogen-bond acceptors (Lipinski definition) is 4. The zero-order valence-corrected chi connectivity index (χ0v) is 17.7. The number of hydrogen-bond donors (Lipinski definition) is 0. The van der Waals surface area contributed by atoms with Gasteiger partial charge in [-0.05, 0) is 46.5 Å². The molecule has 4 heteroatoms. The van der Waals surface area contributed by atoms with Crippen molar-refractivity contribution in [3.05, 3.63) is 131 Å². The highest BCUT2D eigenvalue weighted by Crippen LogP contribution is 2.15. The largest absolute Gasteiger partial charge is 0.489 e. The Morgan fingerprint density at radius 3 is 1.38 bits per heavy atom. The summed E-state index contributed by atoms with van der Waals surface area (Å²) in [7, 11) is 0. The first-order chi connectivity index (χ1) is 15.8. The molecule has 0 aliphatic heterocycles. The van der Waals surface area contributed by atoms with Crippen LogP contribution in [0.1, 0.15) is 22.3 Å². The Morgan fingerprint density at radius 2 is 0.938 bits per heavy atom. The summed E-state index contributed by atoms with van der Waals surface area (Å²) in [5, 5.41) is 8.34. The molecule has 4 rings (SSSR count). The minimum Gasteiger partial charge on any atom is -0.489 e. The van der Waals surface area contributed by atoms with Gasteiger partial charge in [0.2, 0.25) is 0 Å². The van der Waals surface area contributed by atoms with Gasteiger partial charge in [-0.3, -0.25) is 0 Å². The first-order valence-electron chi connectivity index (χ1n) is 10.5. The third-order valence-corrected chi connectivity index (χ3v) is 4.69. The van der Waals surface area contributed by atoms with Crippen molar-refractivity contribution in [2.24, 2.45) is 10.2 Å². The first kappa shape index (κ1) is 21.1. The van der Waals surface area contributed by atoms with Gasteiger partial charge < -0.3 is 9.47 Å². The van der Waals surface area contributed by atoms with Gasteiger partial charge in [0.25, 0.3) is 0 Å². The lowest BCUT2D eigenvalue weighted by molar-refractivity contribution is 0.306. The van der Waals surface area contributed by atoms with Crippen LogP contribution >= 0.6 is 0 Å². The second-order valence-corrected chi connectivity index (χ2v) is 7.18. The lowest BCUT2D eigenvalue weighted by Gasteiger charge is -2.06. The van der Waals surface area contributed by atoms with E-state index in [-0.39, 0.29) is 0 Å². The molecule has 0 N–H and O–H groups in total. The van der Waals surface area contributed by atoms with E-state index in [0.29, 0.717) is 13.2 Å². The van der Waals surface area contributed by atoms with Crippen molar-refractivity contribution in [2.75, 3.05) is 0 Å². The molecule has 0 amide bonds. The van der Waals surface area contributed by atoms with Crippen molar-refractivity contribution in [1.29, 1.82) is 0 Å². The van der Waals surface area contributed by atoms with E-state index in [0.717, 1.165) is 33.8 Å². The number of ether oxygens (including phenoxy) is 2. The van der Waals surface area contributed by atoms with Crippen LogP contribution in [0.2, 0.25) is 0 Å². The molecule has 158 valence electrons. The van der Waals surface area contributed by atoms with E-state index >= 15 is 0 Å². The van der Waals surface area contributed by atoms with Gasteiger partial charge in [-0.15, -0.1) is 0 Å². The summed E-state index contributed by atoms with van der Waals surface area (Å²) >= 11 is 0. The van der Waals surface area contributed by atoms with E-state index in [2.05, 4.69) is 10.2 Å². The Balaban J connectivity index is 1.31. The van der Waals surface area contributed by atoms with Gasteiger partial charge in [0.05, 0.1) is 12.4 Å². The molecule has 0 radical (unpaired) electrons. The smallest absolute Gasteiger partial charge is 0.120 e. The quantitative estimate of drug-likeness (QED) is 0.236. The van der Waals surface area contributed by atoms with E-state index in [1.54, 1.807) is 12.4 Å². The predicted octanol–water partition coefficient (Wildman–Crippen LogP) is 6.30. The van der Waals surface area contributed by atoms with Crippen LogP contribution in [0.5, 0.6) is 11.5 Å². The number of nitrogens with zero attached hydrogens (tertiary/aromatic N) is 2. The molecule has 0 bridgehead atoms. The fraction of sp³-hybridized carbons (Fsp3) is 0.0714. The molecule has 0 fully saturated rings. The lowest BCUT2D eigenvalue weighted by Crippen LogP contribution is -1.95. The van der Waals surface area contributed by atoms with Crippen LogP contribution in [0.15, 0.2) is 119 Å². The molecule has 4 nitrogen and oxygen atoms in total. The zero-order chi connectivity index (χ0) is 21.8. The summed E-state index contributed by atoms with van der Waals surface area (Å²) in [5.74, 6) is 1.59. The van der Waals surface area contributed by atoms with Crippen LogP contribution < -0.4 is 9.47 Å².